The average molecular weight is 366 g/mol. The van der Waals surface area contributed by atoms with E-state index in [1.807, 2.05) is 26.0 Å². The van der Waals surface area contributed by atoms with Crippen molar-refractivity contribution in [1.82, 2.24) is 10.6 Å². The number of nitrogens with one attached hydrogen (secondary N) is 2. The highest BCUT2D eigenvalue weighted by atomic mass is 35.5. The van der Waals surface area contributed by atoms with Crippen molar-refractivity contribution in [2.45, 2.75) is 39.7 Å². The Hall–Kier alpha value is -1.59. The summed E-state index contributed by atoms with van der Waals surface area (Å²) in [6.07, 6.45) is 1.64. The molecule has 1 aromatic carbocycles. The summed E-state index contributed by atoms with van der Waals surface area (Å²) in [7, 11) is 0. The van der Waals surface area contributed by atoms with Crippen LogP contribution in [0.5, 0.6) is 0 Å². The highest BCUT2D eigenvalue weighted by molar-refractivity contribution is 6.09. The Balaban J connectivity index is 0.00000225. The summed E-state index contributed by atoms with van der Waals surface area (Å²) in [4.78, 5) is 27.1. The van der Waals surface area contributed by atoms with Crippen LogP contribution >= 0.6 is 12.4 Å². The Morgan fingerprint density at radius 2 is 1.88 bits per heavy atom. The fraction of sp³-hybridized carbons (Fsp3) is 0.579. The van der Waals surface area contributed by atoms with Crippen molar-refractivity contribution in [3.05, 3.63) is 29.3 Å². The molecule has 3 atom stereocenters. The van der Waals surface area contributed by atoms with Crippen molar-refractivity contribution in [2.75, 3.05) is 24.5 Å². The zero-order chi connectivity index (χ0) is 17.3. The molecule has 138 valence electrons. The Labute approximate surface area is 155 Å². The van der Waals surface area contributed by atoms with Crippen LogP contribution in [0.4, 0.5) is 5.69 Å². The van der Waals surface area contributed by atoms with Crippen LogP contribution in [0.2, 0.25) is 0 Å². The molecule has 5 nitrogen and oxygen atoms in total. The molecule has 0 spiro atoms. The third-order valence-corrected chi connectivity index (χ3v) is 5.20. The van der Waals surface area contributed by atoms with Crippen molar-refractivity contribution in [1.29, 1.82) is 0 Å². The van der Waals surface area contributed by atoms with E-state index in [1.54, 1.807) is 4.90 Å². The number of carbonyl (C=O) groups is 2. The van der Waals surface area contributed by atoms with E-state index in [9.17, 15) is 9.59 Å². The number of piperidine rings is 1. The second-order valence-corrected chi connectivity index (χ2v) is 7.26. The molecule has 0 aromatic heterocycles. The van der Waals surface area contributed by atoms with Gasteiger partial charge in [-0.15, -0.1) is 12.4 Å². The molecule has 2 N–H and O–H groups in total. The van der Waals surface area contributed by atoms with Gasteiger partial charge in [0.05, 0.1) is 0 Å². The predicted molar refractivity (Wildman–Crippen MR) is 102 cm³/mol. The first kappa shape index (κ1) is 19.7. The number of hydrogen-bond acceptors (Lipinski definition) is 3. The number of nitrogens with zero attached hydrogens (tertiary/aromatic N) is 1. The molecule has 3 rings (SSSR count). The molecule has 0 radical (unpaired) electrons. The lowest BCUT2D eigenvalue weighted by Crippen LogP contribution is -2.52. The zero-order valence-corrected chi connectivity index (χ0v) is 16.0. The summed E-state index contributed by atoms with van der Waals surface area (Å²) in [5.74, 6) is -0.302. The highest BCUT2D eigenvalue weighted by Gasteiger charge is 2.39. The molecule has 2 heterocycles. The first-order valence-electron chi connectivity index (χ1n) is 8.86. The third-order valence-electron chi connectivity index (χ3n) is 5.20. The van der Waals surface area contributed by atoms with Crippen LogP contribution in [0, 0.1) is 25.7 Å². The molecule has 2 aliphatic rings. The summed E-state index contributed by atoms with van der Waals surface area (Å²) < 4.78 is 0. The number of rotatable bonds is 3. The fourth-order valence-electron chi connectivity index (χ4n) is 3.75. The number of carbonyl (C=O) groups excluding carboxylic acids is 2. The molecule has 2 aliphatic heterocycles. The highest BCUT2D eigenvalue weighted by Crippen LogP contribution is 2.27. The normalized spacial score (nSPS) is 26.3. The Morgan fingerprint density at radius 1 is 1.20 bits per heavy atom. The monoisotopic (exact) mass is 365 g/mol. The van der Waals surface area contributed by atoms with Gasteiger partial charge in [0.25, 0.3) is 0 Å². The first-order chi connectivity index (χ1) is 11.5. The minimum Gasteiger partial charge on any atom is -0.351 e. The van der Waals surface area contributed by atoms with E-state index in [4.69, 9.17) is 0 Å². The van der Waals surface area contributed by atoms with Gasteiger partial charge in [-0.25, -0.2) is 0 Å². The molecular weight excluding hydrogens is 338 g/mol. The predicted octanol–water partition coefficient (Wildman–Crippen LogP) is 2.19. The van der Waals surface area contributed by atoms with E-state index >= 15 is 0 Å². The zero-order valence-electron chi connectivity index (χ0n) is 15.2. The third kappa shape index (κ3) is 4.33. The molecule has 1 aromatic rings. The Bertz CT molecular complexity index is 629. The second-order valence-electron chi connectivity index (χ2n) is 7.26. The van der Waals surface area contributed by atoms with E-state index < -0.39 is 5.92 Å². The smallest absolute Gasteiger partial charge is 0.239 e. The molecule has 2 saturated heterocycles. The average Bonchev–Trinajstić information content (AvgIpc) is 2.90. The van der Waals surface area contributed by atoms with Gasteiger partial charge in [-0.1, -0.05) is 13.0 Å². The first-order valence-corrected chi connectivity index (χ1v) is 8.86. The maximum Gasteiger partial charge on any atom is 0.239 e. The maximum absolute atomic E-state index is 12.7. The Morgan fingerprint density at radius 3 is 2.52 bits per heavy atom. The second kappa shape index (κ2) is 8.19. The SMILES string of the molecule is Cc1cc(C)cc(N2CCC(C(=O)NC3CNCCC3C)C2=O)c1.Cl. The van der Waals surface area contributed by atoms with E-state index in [0.29, 0.717) is 18.9 Å². The van der Waals surface area contributed by atoms with Crippen molar-refractivity contribution < 1.29 is 9.59 Å². The topological polar surface area (TPSA) is 61.4 Å². The lowest BCUT2D eigenvalue weighted by molar-refractivity contribution is -0.132. The van der Waals surface area contributed by atoms with Gasteiger partial charge in [0.15, 0.2) is 0 Å². The number of amides is 2. The van der Waals surface area contributed by atoms with Gasteiger partial charge in [-0.3, -0.25) is 9.59 Å². The summed E-state index contributed by atoms with van der Waals surface area (Å²) in [5, 5.41) is 6.40. The number of anilines is 1. The van der Waals surface area contributed by atoms with Gasteiger partial charge in [0, 0.05) is 24.8 Å². The molecule has 6 heteroatoms. The van der Waals surface area contributed by atoms with Crippen LogP contribution in [-0.2, 0) is 9.59 Å². The van der Waals surface area contributed by atoms with E-state index in [-0.39, 0.29) is 30.3 Å². The summed E-state index contributed by atoms with van der Waals surface area (Å²) in [6.45, 7) is 8.60. The van der Waals surface area contributed by atoms with Crippen LogP contribution in [-0.4, -0.2) is 37.5 Å². The van der Waals surface area contributed by atoms with Crippen LogP contribution in [0.25, 0.3) is 0 Å². The van der Waals surface area contributed by atoms with E-state index in [0.717, 1.165) is 36.3 Å². The molecule has 3 unspecified atom stereocenters. The Kier molecular flexibility index (Phi) is 6.47. The van der Waals surface area contributed by atoms with Crippen molar-refractivity contribution >= 4 is 29.9 Å². The van der Waals surface area contributed by atoms with Crippen molar-refractivity contribution in [3.8, 4) is 0 Å². The van der Waals surface area contributed by atoms with Gasteiger partial charge in [0.2, 0.25) is 11.8 Å². The minimum atomic E-state index is -0.556. The van der Waals surface area contributed by atoms with Gasteiger partial charge in [-0.2, -0.15) is 0 Å². The largest absolute Gasteiger partial charge is 0.351 e. The van der Waals surface area contributed by atoms with Crippen molar-refractivity contribution in [3.63, 3.8) is 0 Å². The quantitative estimate of drug-likeness (QED) is 0.807. The van der Waals surface area contributed by atoms with Crippen molar-refractivity contribution in [2.24, 2.45) is 11.8 Å². The molecule has 0 bridgehead atoms. The molecule has 2 amide bonds. The lowest BCUT2D eigenvalue weighted by Gasteiger charge is -2.30. The van der Waals surface area contributed by atoms with Gasteiger partial charge in [0.1, 0.15) is 5.92 Å². The number of halogens is 1. The van der Waals surface area contributed by atoms with Gasteiger partial charge in [-0.05, 0) is 62.4 Å². The number of hydrogen-bond donors (Lipinski definition) is 2. The molecule has 0 saturated carbocycles. The van der Waals surface area contributed by atoms with E-state index in [1.165, 1.54) is 0 Å². The molecule has 0 aliphatic carbocycles. The summed E-state index contributed by atoms with van der Waals surface area (Å²) in [5.41, 5.74) is 3.17. The standard InChI is InChI=1S/C19H27N3O2.ClH/c1-12-8-13(2)10-15(9-12)22-7-5-16(19(22)24)18(23)21-17-11-20-6-4-14(17)3;/h8-10,14,16-17,20H,4-7,11H2,1-3H3,(H,21,23);1H. The molecular formula is C19H28ClN3O2. The molecule has 2 fully saturated rings. The van der Waals surface area contributed by atoms with Crippen LogP contribution < -0.4 is 15.5 Å². The van der Waals surface area contributed by atoms with Crippen LogP contribution in [0.15, 0.2) is 18.2 Å². The summed E-state index contributed by atoms with van der Waals surface area (Å²) >= 11 is 0. The van der Waals surface area contributed by atoms with Gasteiger partial charge < -0.3 is 15.5 Å². The minimum absolute atomic E-state index is 0. The summed E-state index contributed by atoms with van der Waals surface area (Å²) in [6, 6.07) is 6.23. The number of benzene rings is 1. The van der Waals surface area contributed by atoms with Gasteiger partial charge >= 0.3 is 0 Å². The van der Waals surface area contributed by atoms with Crippen LogP contribution in [0.1, 0.15) is 30.9 Å². The maximum atomic E-state index is 12.7. The van der Waals surface area contributed by atoms with Crippen LogP contribution in [0.3, 0.4) is 0 Å². The number of aryl methyl sites for hydroxylation is 2. The fourth-order valence-corrected chi connectivity index (χ4v) is 3.75. The molecule has 25 heavy (non-hydrogen) atoms. The lowest BCUT2D eigenvalue weighted by atomic mass is 9.94. The van der Waals surface area contributed by atoms with E-state index in [2.05, 4.69) is 23.6 Å².